The summed E-state index contributed by atoms with van der Waals surface area (Å²) in [5, 5.41) is 11.4. The number of fused-ring (bicyclic) bond motifs is 1. The number of rotatable bonds is 3. The molecule has 3 aromatic rings. The second-order valence-electron chi connectivity index (χ2n) is 3.22. The largest absolute Gasteiger partial charge is 0.358 e. The molecule has 0 unspecified atom stereocenters. The van der Waals surface area contributed by atoms with E-state index in [0.29, 0.717) is 16.3 Å². The zero-order valence-corrected chi connectivity index (χ0v) is 9.51. The van der Waals surface area contributed by atoms with Crippen LogP contribution in [0.2, 0.25) is 0 Å². The maximum atomic E-state index is 10.7. The van der Waals surface area contributed by atoms with Crippen molar-refractivity contribution in [2.45, 2.75) is 10.2 Å². The number of nitrogens with one attached hydrogen (secondary N) is 2. The first-order chi connectivity index (χ1) is 8.74. The van der Waals surface area contributed by atoms with Crippen LogP contribution in [0.25, 0.3) is 11.2 Å². The number of H-pyrrole nitrogens is 2. The average molecular weight is 263 g/mol. The van der Waals surface area contributed by atoms with Gasteiger partial charge in [-0.2, -0.15) is 0 Å². The summed E-state index contributed by atoms with van der Waals surface area (Å²) < 4.78 is 0. The molecule has 0 saturated heterocycles. The van der Waals surface area contributed by atoms with Crippen LogP contribution in [0.5, 0.6) is 0 Å². The van der Waals surface area contributed by atoms with Crippen LogP contribution >= 0.6 is 11.8 Å². The van der Waals surface area contributed by atoms with Crippen molar-refractivity contribution in [1.29, 1.82) is 0 Å². The second-order valence-corrected chi connectivity index (χ2v) is 4.19. The van der Waals surface area contributed by atoms with Gasteiger partial charge in [0, 0.05) is 0 Å². The Kier molecular flexibility index (Phi) is 2.41. The van der Waals surface area contributed by atoms with Crippen LogP contribution in [-0.4, -0.2) is 34.8 Å². The number of aromatic nitrogens is 6. The molecular formula is C8H5N7O2S. The number of imidazole rings is 2. The molecule has 9 nitrogen and oxygen atoms in total. The van der Waals surface area contributed by atoms with E-state index < -0.39 is 4.92 Å². The third kappa shape index (κ3) is 1.78. The first-order valence-electron chi connectivity index (χ1n) is 4.75. The Morgan fingerprint density at radius 1 is 1.39 bits per heavy atom. The third-order valence-corrected chi connectivity index (χ3v) is 2.98. The normalized spacial score (nSPS) is 10.9. The smallest absolute Gasteiger partial charge is 0.355 e. The number of hydrogen-bond donors (Lipinski definition) is 2. The van der Waals surface area contributed by atoms with Crippen LogP contribution in [0.1, 0.15) is 0 Å². The highest BCUT2D eigenvalue weighted by Gasteiger charge is 2.18. The van der Waals surface area contributed by atoms with E-state index in [4.69, 9.17) is 0 Å². The Morgan fingerprint density at radius 3 is 3.06 bits per heavy atom. The summed E-state index contributed by atoms with van der Waals surface area (Å²) in [4.78, 5) is 31.4. The fourth-order valence-corrected chi connectivity index (χ4v) is 2.17. The molecule has 0 aliphatic carbocycles. The first kappa shape index (κ1) is 10.7. The SMILES string of the molecule is O=[N+]([O-])c1[nH]cnc1Sc1nc2ncncc2[nH]1. The van der Waals surface area contributed by atoms with Crippen molar-refractivity contribution in [1.82, 2.24) is 29.9 Å². The zero-order chi connectivity index (χ0) is 12.5. The van der Waals surface area contributed by atoms with Crippen molar-refractivity contribution >= 4 is 28.7 Å². The second kappa shape index (κ2) is 4.07. The monoisotopic (exact) mass is 263 g/mol. The van der Waals surface area contributed by atoms with Gasteiger partial charge in [0.25, 0.3) is 0 Å². The van der Waals surface area contributed by atoms with Gasteiger partial charge in [-0.25, -0.2) is 24.9 Å². The van der Waals surface area contributed by atoms with Crippen LogP contribution in [-0.2, 0) is 0 Å². The standard InChI is InChI=1S/C8H5N7O2S/c16-15(17)6-7(12-3-11-6)18-8-13-4-1-9-2-10-5(4)14-8/h1-3H,(H,11,12)(H,9,10,13,14). The van der Waals surface area contributed by atoms with Crippen LogP contribution in [0.15, 0.2) is 29.0 Å². The Bertz CT molecular complexity index is 688. The lowest BCUT2D eigenvalue weighted by Crippen LogP contribution is -1.89. The summed E-state index contributed by atoms with van der Waals surface area (Å²) in [5.74, 6) is -0.161. The molecule has 18 heavy (non-hydrogen) atoms. The van der Waals surface area contributed by atoms with Crippen molar-refractivity contribution in [2.75, 3.05) is 0 Å². The molecule has 0 atom stereocenters. The zero-order valence-electron chi connectivity index (χ0n) is 8.69. The Morgan fingerprint density at radius 2 is 2.28 bits per heavy atom. The van der Waals surface area contributed by atoms with Crippen LogP contribution in [0.4, 0.5) is 5.82 Å². The maximum Gasteiger partial charge on any atom is 0.355 e. The third-order valence-electron chi connectivity index (χ3n) is 2.10. The minimum atomic E-state index is -0.530. The molecule has 0 aromatic carbocycles. The predicted molar refractivity (Wildman–Crippen MR) is 61.0 cm³/mol. The van der Waals surface area contributed by atoms with Gasteiger partial charge in [-0.3, -0.25) is 0 Å². The molecule has 10 heteroatoms. The number of hydrogen-bond acceptors (Lipinski definition) is 7. The topological polar surface area (TPSA) is 126 Å². The van der Waals surface area contributed by atoms with Crippen molar-refractivity contribution in [2.24, 2.45) is 0 Å². The molecule has 0 saturated carbocycles. The van der Waals surface area contributed by atoms with Gasteiger partial charge in [0.2, 0.25) is 5.03 Å². The molecule has 0 aliphatic rings. The summed E-state index contributed by atoms with van der Waals surface area (Å²) in [7, 11) is 0. The Balaban J connectivity index is 1.96. The summed E-state index contributed by atoms with van der Waals surface area (Å²) in [5.41, 5.74) is 1.17. The van der Waals surface area contributed by atoms with E-state index in [1.807, 2.05) is 0 Å². The lowest BCUT2D eigenvalue weighted by Gasteiger charge is -1.93. The van der Waals surface area contributed by atoms with Gasteiger partial charge < -0.3 is 15.1 Å². The van der Waals surface area contributed by atoms with Gasteiger partial charge in [0.05, 0.1) is 6.20 Å². The summed E-state index contributed by atoms with van der Waals surface area (Å²) in [6.07, 6.45) is 4.23. The van der Waals surface area contributed by atoms with Gasteiger partial charge in [-0.1, -0.05) is 0 Å². The molecule has 90 valence electrons. The van der Waals surface area contributed by atoms with Crippen LogP contribution in [0.3, 0.4) is 0 Å². The van der Waals surface area contributed by atoms with E-state index in [1.54, 1.807) is 6.20 Å². The minimum absolute atomic E-state index is 0.161. The molecule has 0 spiro atoms. The first-order valence-corrected chi connectivity index (χ1v) is 5.57. The highest BCUT2D eigenvalue weighted by Crippen LogP contribution is 2.30. The summed E-state index contributed by atoms with van der Waals surface area (Å²) >= 11 is 1.06. The molecule has 0 amide bonds. The lowest BCUT2D eigenvalue weighted by molar-refractivity contribution is -0.392. The molecule has 3 aromatic heterocycles. The molecular weight excluding hydrogens is 258 g/mol. The predicted octanol–water partition coefficient (Wildman–Crippen LogP) is 1.14. The molecule has 2 N–H and O–H groups in total. The van der Waals surface area contributed by atoms with E-state index >= 15 is 0 Å². The van der Waals surface area contributed by atoms with Crippen LogP contribution in [0, 0.1) is 10.1 Å². The van der Waals surface area contributed by atoms with Crippen molar-refractivity contribution in [3.05, 3.63) is 29.0 Å². The van der Waals surface area contributed by atoms with Crippen molar-refractivity contribution in [3.8, 4) is 0 Å². The van der Waals surface area contributed by atoms with E-state index in [-0.39, 0.29) is 10.8 Å². The summed E-state index contributed by atoms with van der Waals surface area (Å²) in [6, 6.07) is 0. The number of nitro groups is 1. The number of aromatic amines is 2. The van der Waals surface area contributed by atoms with Gasteiger partial charge in [0.1, 0.15) is 11.8 Å². The quantitative estimate of drug-likeness (QED) is 0.535. The van der Waals surface area contributed by atoms with Gasteiger partial charge in [-0.15, -0.1) is 0 Å². The minimum Gasteiger partial charge on any atom is -0.358 e. The molecule has 3 heterocycles. The van der Waals surface area contributed by atoms with Gasteiger partial charge >= 0.3 is 5.82 Å². The molecule has 0 bridgehead atoms. The van der Waals surface area contributed by atoms with Gasteiger partial charge in [-0.05, 0) is 16.7 Å². The van der Waals surface area contributed by atoms with E-state index in [2.05, 4.69) is 29.9 Å². The van der Waals surface area contributed by atoms with Crippen LogP contribution < -0.4 is 0 Å². The average Bonchev–Trinajstić information content (AvgIpc) is 2.94. The highest BCUT2D eigenvalue weighted by molar-refractivity contribution is 7.99. The van der Waals surface area contributed by atoms with E-state index in [0.717, 1.165) is 11.8 Å². The molecule has 0 aliphatic heterocycles. The molecule has 3 rings (SSSR count). The van der Waals surface area contributed by atoms with Crippen molar-refractivity contribution in [3.63, 3.8) is 0 Å². The van der Waals surface area contributed by atoms with Crippen molar-refractivity contribution < 1.29 is 4.92 Å². The molecule has 0 fully saturated rings. The molecule has 0 radical (unpaired) electrons. The maximum absolute atomic E-state index is 10.7. The van der Waals surface area contributed by atoms with E-state index in [1.165, 1.54) is 12.7 Å². The fourth-order valence-electron chi connectivity index (χ4n) is 1.36. The number of nitrogens with zero attached hydrogens (tertiary/aromatic N) is 5. The Hall–Kier alpha value is -2.49. The lowest BCUT2D eigenvalue weighted by atomic mass is 10.6. The summed E-state index contributed by atoms with van der Waals surface area (Å²) in [6.45, 7) is 0. The van der Waals surface area contributed by atoms with E-state index in [9.17, 15) is 10.1 Å². The van der Waals surface area contributed by atoms with Gasteiger partial charge in [0.15, 0.2) is 17.1 Å². The fraction of sp³-hybridized carbons (Fsp3) is 0. The Labute approximate surface area is 103 Å². The highest BCUT2D eigenvalue weighted by atomic mass is 32.2.